The van der Waals surface area contributed by atoms with E-state index in [1.807, 2.05) is 6.92 Å². The lowest BCUT2D eigenvalue weighted by molar-refractivity contribution is -0.121. The second-order valence-electron chi connectivity index (χ2n) is 5.23. The van der Waals surface area contributed by atoms with Crippen molar-refractivity contribution in [2.24, 2.45) is 5.92 Å². The Morgan fingerprint density at radius 1 is 1.28 bits per heavy atom. The third kappa shape index (κ3) is 5.36. The van der Waals surface area contributed by atoms with Gasteiger partial charge in [0, 0.05) is 25.6 Å². The number of hydrogen-bond acceptors (Lipinski definition) is 3. The molecule has 4 heteroatoms. The zero-order valence-electron chi connectivity index (χ0n) is 12.2. The van der Waals surface area contributed by atoms with E-state index in [0.717, 1.165) is 38.6 Å². The molecule has 0 bridgehead atoms. The smallest absolute Gasteiger partial charge is 0.221 e. The van der Waals surface area contributed by atoms with Gasteiger partial charge in [-0.05, 0) is 52.2 Å². The summed E-state index contributed by atoms with van der Waals surface area (Å²) in [5.74, 6) is 0.978. The van der Waals surface area contributed by atoms with E-state index in [9.17, 15) is 4.79 Å². The predicted molar refractivity (Wildman–Crippen MR) is 75.6 cm³/mol. The summed E-state index contributed by atoms with van der Waals surface area (Å²) in [6.45, 7) is 11.4. The van der Waals surface area contributed by atoms with Crippen LogP contribution in [0.4, 0.5) is 0 Å². The van der Waals surface area contributed by atoms with Crippen molar-refractivity contribution in [2.75, 3.05) is 32.7 Å². The standard InChI is InChI=1S/C14H29N3O/c1-4-15-12(3)13-6-9-17(10-7-13)11-8-14(18)16-5-2/h12-13,15H,4-11H2,1-3H3,(H,16,18). The summed E-state index contributed by atoms with van der Waals surface area (Å²) in [6, 6.07) is 0.626. The first-order valence-corrected chi connectivity index (χ1v) is 7.39. The number of carbonyl (C=O) groups is 1. The zero-order chi connectivity index (χ0) is 13.4. The molecule has 0 aromatic heterocycles. The number of piperidine rings is 1. The van der Waals surface area contributed by atoms with Crippen LogP contribution in [-0.2, 0) is 4.79 Å². The second kappa shape index (κ2) is 8.48. The van der Waals surface area contributed by atoms with Crippen LogP contribution in [0.25, 0.3) is 0 Å². The number of amides is 1. The molecule has 1 fully saturated rings. The first-order valence-electron chi connectivity index (χ1n) is 7.39. The Morgan fingerprint density at radius 2 is 1.94 bits per heavy atom. The molecule has 4 nitrogen and oxygen atoms in total. The molecule has 0 spiro atoms. The first kappa shape index (κ1) is 15.4. The van der Waals surface area contributed by atoms with Crippen LogP contribution in [0.1, 0.15) is 40.0 Å². The van der Waals surface area contributed by atoms with Crippen LogP contribution in [0.5, 0.6) is 0 Å². The van der Waals surface area contributed by atoms with E-state index in [0.29, 0.717) is 12.5 Å². The summed E-state index contributed by atoms with van der Waals surface area (Å²) in [5, 5.41) is 6.37. The molecular weight excluding hydrogens is 226 g/mol. The minimum atomic E-state index is 0.181. The van der Waals surface area contributed by atoms with Gasteiger partial charge in [0.15, 0.2) is 0 Å². The van der Waals surface area contributed by atoms with Crippen molar-refractivity contribution in [3.05, 3.63) is 0 Å². The maximum absolute atomic E-state index is 11.4. The average molecular weight is 255 g/mol. The molecule has 18 heavy (non-hydrogen) atoms. The molecule has 1 saturated heterocycles. The van der Waals surface area contributed by atoms with Gasteiger partial charge in [0.2, 0.25) is 5.91 Å². The molecule has 1 atom stereocenters. The Morgan fingerprint density at radius 3 is 2.50 bits per heavy atom. The van der Waals surface area contributed by atoms with Crippen LogP contribution in [0, 0.1) is 5.92 Å². The van der Waals surface area contributed by atoms with Crippen LogP contribution < -0.4 is 10.6 Å². The van der Waals surface area contributed by atoms with E-state index in [1.165, 1.54) is 12.8 Å². The molecule has 0 aliphatic carbocycles. The Balaban J connectivity index is 2.17. The van der Waals surface area contributed by atoms with Gasteiger partial charge >= 0.3 is 0 Å². The fourth-order valence-corrected chi connectivity index (χ4v) is 2.71. The van der Waals surface area contributed by atoms with Crippen LogP contribution in [-0.4, -0.2) is 49.6 Å². The molecule has 0 saturated carbocycles. The minimum absolute atomic E-state index is 0.181. The third-order valence-corrected chi connectivity index (χ3v) is 3.89. The highest BCUT2D eigenvalue weighted by molar-refractivity contribution is 5.75. The van der Waals surface area contributed by atoms with Gasteiger partial charge in [-0.2, -0.15) is 0 Å². The van der Waals surface area contributed by atoms with E-state index in [-0.39, 0.29) is 5.91 Å². The monoisotopic (exact) mass is 255 g/mol. The summed E-state index contributed by atoms with van der Waals surface area (Å²) in [5.41, 5.74) is 0. The van der Waals surface area contributed by atoms with Gasteiger partial charge in [0.25, 0.3) is 0 Å². The van der Waals surface area contributed by atoms with Gasteiger partial charge in [-0.3, -0.25) is 4.79 Å². The molecule has 2 N–H and O–H groups in total. The van der Waals surface area contributed by atoms with E-state index in [1.54, 1.807) is 0 Å². The van der Waals surface area contributed by atoms with Gasteiger partial charge in [-0.1, -0.05) is 6.92 Å². The lowest BCUT2D eigenvalue weighted by Gasteiger charge is -2.35. The maximum atomic E-state index is 11.4. The van der Waals surface area contributed by atoms with E-state index < -0.39 is 0 Å². The lowest BCUT2D eigenvalue weighted by Crippen LogP contribution is -2.42. The van der Waals surface area contributed by atoms with Crippen molar-refractivity contribution in [3.8, 4) is 0 Å². The van der Waals surface area contributed by atoms with Crippen molar-refractivity contribution >= 4 is 5.91 Å². The van der Waals surface area contributed by atoms with Crippen molar-refractivity contribution in [3.63, 3.8) is 0 Å². The average Bonchev–Trinajstić information content (AvgIpc) is 2.37. The van der Waals surface area contributed by atoms with E-state index in [2.05, 4.69) is 29.4 Å². The van der Waals surface area contributed by atoms with Crippen molar-refractivity contribution < 1.29 is 4.79 Å². The molecule has 0 radical (unpaired) electrons. The second-order valence-corrected chi connectivity index (χ2v) is 5.23. The van der Waals surface area contributed by atoms with Gasteiger partial charge in [-0.25, -0.2) is 0 Å². The lowest BCUT2D eigenvalue weighted by atomic mass is 9.90. The maximum Gasteiger partial charge on any atom is 0.221 e. The quantitative estimate of drug-likeness (QED) is 0.719. The Kier molecular flexibility index (Phi) is 7.28. The number of nitrogens with zero attached hydrogens (tertiary/aromatic N) is 1. The number of hydrogen-bond donors (Lipinski definition) is 2. The van der Waals surface area contributed by atoms with Crippen LogP contribution >= 0.6 is 0 Å². The van der Waals surface area contributed by atoms with Crippen LogP contribution in [0.2, 0.25) is 0 Å². The Labute approximate surface area is 111 Å². The molecular formula is C14H29N3O. The molecule has 1 amide bonds. The number of likely N-dealkylation sites (tertiary alicyclic amines) is 1. The fourth-order valence-electron chi connectivity index (χ4n) is 2.71. The summed E-state index contributed by atoms with van der Waals surface area (Å²) in [4.78, 5) is 13.8. The van der Waals surface area contributed by atoms with Gasteiger partial charge in [0.05, 0.1) is 0 Å². The number of carbonyl (C=O) groups excluding carboxylic acids is 1. The minimum Gasteiger partial charge on any atom is -0.356 e. The summed E-state index contributed by atoms with van der Waals surface area (Å²) >= 11 is 0. The van der Waals surface area contributed by atoms with Crippen LogP contribution in [0.3, 0.4) is 0 Å². The number of nitrogens with one attached hydrogen (secondary N) is 2. The molecule has 0 aromatic rings. The SMILES string of the molecule is CCNC(=O)CCN1CCC(C(C)NCC)CC1. The molecule has 0 aromatic carbocycles. The number of rotatable bonds is 7. The molecule has 1 rings (SSSR count). The molecule has 1 heterocycles. The fraction of sp³-hybridized carbons (Fsp3) is 0.929. The van der Waals surface area contributed by atoms with Crippen molar-refractivity contribution in [1.82, 2.24) is 15.5 Å². The van der Waals surface area contributed by atoms with E-state index in [4.69, 9.17) is 0 Å². The van der Waals surface area contributed by atoms with E-state index >= 15 is 0 Å². The van der Waals surface area contributed by atoms with Crippen molar-refractivity contribution in [2.45, 2.75) is 46.1 Å². The molecule has 106 valence electrons. The molecule has 1 unspecified atom stereocenters. The Bertz CT molecular complexity index is 237. The largest absolute Gasteiger partial charge is 0.356 e. The molecule has 1 aliphatic heterocycles. The topological polar surface area (TPSA) is 44.4 Å². The summed E-state index contributed by atoms with van der Waals surface area (Å²) in [6.07, 6.45) is 3.15. The first-order chi connectivity index (χ1) is 8.67. The summed E-state index contributed by atoms with van der Waals surface area (Å²) in [7, 11) is 0. The highest BCUT2D eigenvalue weighted by atomic mass is 16.1. The highest BCUT2D eigenvalue weighted by Crippen LogP contribution is 2.20. The predicted octanol–water partition coefficient (Wildman–Crippen LogP) is 1.22. The summed E-state index contributed by atoms with van der Waals surface area (Å²) < 4.78 is 0. The van der Waals surface area contributed by atoms with Crippen molar-refractivity contribution in [1.29, 1.82) is 0 Å². The highest BCUT2D eigenvalue weighted by Gasteiger charge is 2.23. The van der Waals surface area contributed by atoms with Gasteiger partial charge in [-0.15, -0.1) is 0 Å². The molecule has 1 aliphatic rings. The van der Waals surface area contributed by atoms with Gasteiger partial charge in [0.1, 0.15) is 0 Å². The van der Waals surface area contributed by atoms with Gasteiger partial charge < -0.3 is 15.5 Å². The van der Waals surface area contributed by atoms with Crippen LogP contribution in [0.15, 0.2) is 0 Å². The Hall–Kier alpha value is -0.610. The normalized spacial score (nSPS) is 19.7. The third-order valence-electron chi connectivity index (χ3n) is 3.89. The zero-order valence-corrected chi connectivity index (χ0v) is 12.2.